The topological polar surface area (TPSA) is 14.8 Å². The second-order valence-electron chi connectivity index (χ2n) is 21.4. The molecule has 0 spiro atoms. The first kappa shape index (κ1) is 46.4. The van der Waals surface area contributed by atoms with E-state index in [-0.39, 0.29) is 0 Å². The Hall–Kier alpha value is -6.65. The van der Waals surface area contributed by atoms with Crippen molar-refractivity contribution in [2.24, 2.45) is 0 Å². The largest absolute Gasteiger partial charge is 0.310 e. The lowest BCUT2D eigenvalue weighted by molar-refractivity contribution is 1.21. The van der Waals surface area contributed by atoms with Gasteiger partial charge in [-0.05, 0) is 82.9 Å². The van der Waals surface area contributed by atoms with Gasteiger partial charge in [0.15, 0.2) is 0 Å². The van der Waals surface area contributed by atoms with Gasteiger partial charge in [-0.25, -0.2) is 0 Å². The van der Waals surface area contributed by atoms with E-state index >= 15 is 0 Å². The molecule has 0 amide bonds. The SMILES string of the molecule is Bc1c(B)c(B)c(-n2c3ccccc3c3cc(-c4ccc5c(c4)c4cc(-c6ccc7c(c6)c6ccccc6n7-c6c(B)c(B)c(B)c(B)c6B)ccc4n5-c4c(B)c(B)c(B)c(B)c4B)ccc32)c(B)c1B. The van der Waals surface area contributed by atoms with Crippen molar-refractivity contribution in [3.8, 4) is 39.3 Å². The Morgan fingerprint density at radius 1 is 0.194 bits per heavy atom. The number of hydrogen-bond acceptors (Lipinski definition) is 0. The van der Waals surface area contributed by atoms with Crippen molar-refractivity contribution in [3.05, 3.63) is 121 Å². The van der Waals surface area contributed by atoms with Crippen LogP contribution >= 0.6 is 0 Å². The fraction of sp³-hybridized carbons (Fsp3) is 0. The van der Waals surface area contributed by atoms with Crippen LogP contribution in [0.15, 0.2) is 121 Å². The maximum atomic E-state index is 2.56. The molecule has 9 aromatic carbocycles. The molecule has 0 fully saturated rings. The zero-order chi connectivity index (χ0) is 50.5. The highest BCUT2D eigenvalue weighted by Crippen LogP contribution is 2.40. The molecule has 0 saturated carbocycles. The first-order valence-corrected chi connectivity index (χ1v) is 25.9. The summed E-state index contributed by atoms with van der Waals surface area (Å²) in [6.07, 6.45) is 0. The highest BCUT2D eigenvalue weighted by Gasteiger charge is 2.24. The number of hydrogen-bond donors (Lipinski definition) is 0. The summed E-state index contributed by atoms with van der Waals surface area (Å²) in [6.45, 7) is 0. The summed E-state index contributed by atoms with van der Waals surface area (Å²) in [5, 5.41) is 7.61. The van der Waals surface area contributed by atoms with Crippen LogP contribution in [0.5, 0.6) is 0 Å². The molecular formula is C54H50B15N3. The minimum Gasteiger partial charge on any atom is -0.310 e. The number of para-hydroxylation sites is 2. The van der Waals surface area contributed by atoms with Gasteiger partial charge < -0.3 is 13.7 Å². The van der Waals surface area contributed by atoms with Crippen molar-refractivity contribution >= 4 is 265 Å². The van der Waals surface area contributed by atoms with E-state index < -0.39 is 0 Å². The minimum atomic E-state index is 1.21. The molecular weight excluding hydrogens is 853 g/mol. The normalized spacial score (nSPS) is 11.9. The van der Waals surface area contributed by atoms with Crippen LogP contribution in [0.3, 0.4) is 0 Å². The van der Waals surface area contributed by atoms with Gasteiger partial charge in [0.25, 0.3) is 0 Å². The average Bonchev–Trinajstić information content (AvgIpc) is 4.02. The summed E-state index contributed by atoms with van der Waals surface area (Å²) in [7, 11) is 34.3. The maximum absolute atomic E-state index is 2.56. The molecule has 3 nitrogen and oxygen atoms in total. The summed E-state index contributed by atoms with van der Waals surface area (Å²) >= 11 is 0. The zero-order valence-corrected chi connectivity index (χ0v) is 44.9. The average molecular weight is 903 g/mol. The lowest BCUT2D eigenvalue weighted by Gasteiger charge is -2.22. The van der Waals surface area contributed by atoms with E-state index in [1.54, 1.807) is 0 Å². The molecule has 72 heavy (non-hydrogen) atoms. The van der Waals surface area contributed by atoms with Gasteiger partial charge in [-0.15, -0.1) is 16.4 Å². The van der Waals surface area contributed by atoms with E-state index in [0.29, 0.717) is 0 Å². The number of rotatable bonds is 5. The third-order valence-corrected chi connectivity index (χ3v) is 18.3. The van der Waals surface area contributed by atoms with Crippen molar-refractivity contribution in [2.45, 2.75) is 0 Å². The van der Waals surface area contributed by atoms with E-state index in [2.05, 4.69) is 253 Å². The lowest BCUT2D eigenvalue weighted by atomic mass is 9.61. The van der Waals surface area contributed by atoms with Gasteiger partial charge >= 0.3 is 0 Å². The van der Waals surface area contributed by atoms with E-state index in [0.717, 1.165) is 0 Å². The summed E-state index contributed by atoms with van der Waals surface area (Å²) in [4.78, 5) is 0. The highest BCUT2D eigenvalue weighted by molar-refractivity contribution is 6.70. The van der Waals surface area contributed by atoms with Gasteiger partial charge in [-0.3, -0.25) is 0 Å². The molecule has 12 rings (SSSR count). The van der Waals surface area contributed by atoms with Crippen molar-refractivity contribution in [2.75, 3.05) is 0 Å². The third-order valence-electron chi connectivity index (χ3n) is 18.3. The lowest BCUT2D eigenvalue weighted by Crippen LogP contribution is -2.56. The molecule has 326 valence electrons. The molecule has 0 aliphatic rings. The number of aromatic nitrogens is 3. The Morgan fingerprint density at radius 3 is 0.639 bits per heavy atom. The highest BCUT2D eigenvalue weighted by atomic mass is 15.0. The summed E-state index contributed by atoms with van der Waals surface area (Å²) in [5.41, 5.74) is 36.6. The van der Waals surface area contributed by atoms with Gasteiger partial charge in [-0.1, -0.05) is 126 Å². The first-order chi connectivity index (χ1) is 34.5. The molecule has 12 aromatic rings. The molecule has 0 bridgehead atoms. The van der Waals surface area contributed by atoms with Crippen LogP contribution in [0.1, 0.15) is 0 Å². The smallest absolute Gasteiger partial charge is 0.141 e. The summed E-state index contributed by atoms with van der Waals surface area (Å²) < 4.78 is 7.60. The zero-order valence-electron chi connectivity index (χ0n) is 44.9. The van der Waals surface area contributed by atoms with E-state index in [1.165, 1.54) is 187 Å². The Morgan fingerprint density at radius 2 is 0.389 bits per heavy atom. The van der Waals surface area contributed by atoms with Crippen molar-refractivity contribution in [1.29, 1.82) is 0 Å². The van der Waals surface area contributed by atoms with E-state index in [4.69, 9.17) is 0 Å². The molecule has 3 aromatic heterocycles. The predicted octanol–water partition coefficient (Wildman–Crippen LogP) is -11.8. The van der Waals surface area contributed by atoms with Gasteiger partial charge in [0, 0.05) is 49.4 Å². The molecule has 18 heteroatoms. The second-order valence-corrected chi connectivity index (χ2v) is 21.4. The van der Waals surface area contributed by atoms with E-state index in [1.807, 2.05) is 0 Å². The van der Waals surface area contributed by atoms with Gasteiger partial charge in [0.1, 0.15) is 118 Å². The second kappa shape index (κ2) is 16.7. The van der Waals surface area contributed by atoms with Crippen molar-refractivity contribution < 1.29 is 0 Å². The number of benzene rings is 9. The van der Waals surface area contributed by atoms with Crippen LogP contribution in [-0.4, -0.2) is 131 Å². The van der Waals surface area contributed by atoms with Gasteiger partial charge in [0.05, 0.1) is 33.1 Å². The summed E-state index contributed by atoms with van der Waals surface area (Å²) in [5.74, 6) is 0. The molecule has 0 aliphatic carbocycles. The Kier molecular flexibility index (Phi) is 10.8. The molecule has 0 saturated heterocycles. The van der Waals surface area contributed by atoms with Crippen LogP contribution < -0.4 is 81.9 Å². The summed E-state index contributed by atoms with van der Waals surface area (Å²) in [6, 6.07) is 46.6. The standard InChI is InChI=1S/C54H50B15N3/c55-37-40(58)46(64)52(47(65)41(37)59)70-31-7-3-1-5-25(31)27-17-21(9-13-33(27)70)23-11-15-35-29(19-23)30-20-24(12-16-36(30)72(35)54-50(68)44(62)39(57)45(63)51(54)69)22-10-14-34-28(18-22)26-6-2-4-8-32(26)71(34)53-48(66)42(60)38(56)43(61)49(53)67/h1-20H,55-69H2. The molecule has 0 radical (unpaired) electrons. The van der Waals surface area contributed by atoms with Crippen molar-refractivity contribution in [1.82, 2.24) is 13.7 Å². The molecule has 0 atom stereocenters. The fourth-order valence-electron chi connectivity index (χ4n) is 12.9. The molecule has 3 heterocycles. The Labute approximate surface area is 436 Å². The minimum absolute atomic E-state index is 1.21. The number of nitrogens with zero attached hydrogens (tertiary/aromatic N) is 3. The molecule has 0 N–H and O–H groups in total. The van der Waals surface area contributed by atoms with Crippen LogP contribution in [0.4, 0.5) is 0 Å². The Bertz CT molecular complexity index is 4080. The first-order valence-electron chi connectivity index (χ1n) is 25.9. The predicted molar refractivity (Wildman–Crippen MR) is 363 cm³/mol. The van der Waals surface area contributed by atoms with E-state index in [9.17, 15) is 0 Å². The maximum Gasteiger partial charge on any atom is 0.141 e. The van der Waals surface area contributed by atoms with Crippen LogP contribution in [0.25, 0.3) is 105 Å². The Balaban J connectivity index is 1.08. The van der Waals surface area contributed by atoms with Gasteiger partial charge in [0.2, 0.25) is 0 Å². The van der Waals surface area contributed by atoms with Crippen LogP contribution in [0, 0.1) is 0 Å². The fourth-order valence-corrected chi connectivity index (χ4v) is 12.9. The van der Waals surface area contributed by atoms with Crippen molar-refractivity contribution in [3.63, 3.8) is 0 Å². The van der Waals surface area contributed by atoms with Crippen LogP contribution in [-0.2, 0) is 0 Å². The molecule has 0 aliphatic heterocycles. The van der Waals surface area contributed by atoms with Crippen LogP contribution in [0.2, 0.25) is 0 Å². The quantitative estimate of drug-likeness (QED) is 0.153. The number of fused-ring (bicyclic) bond motifs is 9. The monoisotopic (exact) mass is 906 g/mol. The molecule has 0 unspecified atom stereocenters. The van der Waals surface area contributed by atoms with Gasteiger partial charge in [-0.2, -0.15) is 0 Å². The third kappa shape index (κ3) is 6.45.